The van der Waals surface area contributed by atoms with Gasteiger partial charge in [-0.25, -0.2) is 0 Å². The Balaban J connectivity index is 2.46. The molecule has 0 bridgehead atoms. The van der Waals surface area contributed by atoms with Crippen molar-refractivity contribution in [2.45, 2.75) is 19.8 Å². The summed E-state index contributed by atoms with van der Waals surface area (Å²) in [6.07, 6.45) is 10.8. The smallest absolute Gasteiger partial charge is 0.0502 e. The summed E-state index contributed by atoms with van der Waals surface area (Å²) < 4.78 is 5.02. The second kappa shape index (κ2) is 4.94. The van der Waals surface area contributed by atoms with Crippen LogP contribution in [-0.2, 0) is 4.74 Å². The molecule has 0 spiro atoms. The van der Waals surface area contributed by atoms with Crippen LogP contribution in [0.4, 0.5) is 0 Å². The third kappa shape index (κ3) is 3.05. The maximum Gasteiger partial charge on any atom is 0.0502 e. The van der Waals surface area contributed by atoms with Crippen LogP contribution < -0.4 is 0 Å². The molecule has 1 rings (SSSR count). The van der Waals surface area contributed by atoms with Crippen LogP contribution in [-0.4, -0.2) is 13.7 Å². The third-order valence-corrected chi connectivity index (χ3v) is 1.97. The first-order chi connectivity index (χ1) is 5.83. The molecule has 0 saturated heterocycles. The first kappa shape index (κ1) is 9.27. The Bertz CT molecular complexity index is 221. The van der Waals surface area contributed by atoms with Gasteiger partial charge in [-0.3, -0.25) is 0 Å². The van der Waals surface area contributed by atoms with E-state index in [0.717, 1.165) is 19.4 Å². The molecule has 1 aliphatic carbocycles. The Morgan fingerprint density at radius 2 is 2.33 bits per heavy atom. The van der Waals surface area contributed by atoms with Crippen molar-refractivity contribution in [2.24, 2.45) is 0 Å². The van der Waals surface area contributed by atoms with Crippen molar-refractivity contribution in [3.8, 4) is 0 Å². The topological polar surface area (TPSA) is 9.23 Å². The lowest BCUT2D eigenvalue weighted by atomic mass is 10.1. The molecule has 0 aromatic rings. The predicted molar refractivity (Wildman–Crippen MR) is 52.1 cm³/mol. The minimum Gasteiger partial charge on any atom is -0.384 e. The fourth-order valence-electron chi connectivity index (χ4n) is 1.17. The summed E-state index contributed by atoms with van der Waals surface area (Å²) in [6, 6.07) is 0. The van der Waals surface area contributed by atoms with Gasteiger partial charge in [-0.05, 0) is 25.3 Å². The highest BCUT2D eigenvalue weighted by molar-refractivity contribution is 5.29. The zero-order valence-electron chi connectivity index (χ0n) is 7.84. The average molecular weight is 164 g/mol. The van der Waals surface area contributed by atoms with Crippen LogP contribution in [0.2, 0.25) is 0 Å². The maximum absolute atomic E-state index is 5.02. The highest BCUT2D eigenvalue weighted by atomic mass is 16.5. The van der Waals surface area contributed by atoms with Crippen LogP contribution in [0.5, 0.6) is 0 Å². The van der Waals surface area contributed by atoms with Crippen molar-refractivity contribution in [3.05, 3.63) is 35.5 Å². The minimum absolute atomic E-state index is 0.815. The Morgan fingerprint density at radius 1 is 1.50 bits per heavy atom. The fourth-order valence-corrected chi connectivity index (χ4v) is 1.17. The molecule has 0 aromatic carbocycles. The standard InChI is InChI=1S/C11H16O/c1-10-4-3-5-11(7-6-10)8-9-12-2/h3-5,7H,6,8-9H2,1-2H3. The maximum atomic E-state index is 5.02. The molecule has 12 heavy (non-hydrogen) atoms. The van der Waals surface area contributed by atoms with Crippen molar-refractivity contribution in [2.75, 3.05) is 13.7 Å². The minimum atomic E-state index is 0.815. The summed E-state index contributed by atoms with van der Waals surface area (Å²) in [6.45, 7) is 2.97. The normalized spacial score (nSPS) is 16.8. The van der Waals surface area contributed by atoms with Crippen molar-refractivity contribution in [3.63, 3.8) is 0 Å². The molecular weight excluding hydrogens is 148 g/mol. The van der Waals surface area contributed by atoms with E-state index in [2.05, 4.69) is 31.2 Å². The molecule has 0 radical (unpaired) electrons. The van der Waals surface area contributed by atoms with E-state index in [9.17, 15) is 0 Å². The zero-order valence-corrected chi connectivity index (χ0v) is 7.84. The Morgan fingerprint density at radius 3 is 3.08 bits per heavy atom. The Kier molecular flexibility index (Phi) is 3.81. The van der Waals surface area contributed by atoms with Crippen LogP contribution >= 0.6 is 0 Å². The lowest BCUT2D eigenvalue weighted by Crippen LogP contribution is -1.89. The van der Waals surface area contributed by atoms with E-state index in [0.29, 0.717) is 0 Å². The monoisotopic (exact) mass is 164 g/mol. The summed E-state index contributed by atoms with van der Waals surface area (Å²) in [5.41, 5.74) is 2.80. The van der Waals surface area contributed by atoms with Crippen LogP contribution in [0.25, 0.3) is 0 Å². The summed E-state index contributed by atoms with van der Waals surface area (Å²) in [4.78, 5) is 0. The molecule has 0 saturated carbocycles. The molecule has 1 aliphatic rings. The number of methoxy groups -OCH3 is 1. The van der Waals surface area contributed by atoms with E-state index in [-0.39, 0.29) is 0 Å². The van der Waals surface area contributed by atoms with Gasteiger partial charge in [0.25, 0.3) is 0 Å². The summed E-state index contributed by atoms with van der Waals surface area (Å²) in [5.74, 6) is 0. The lowest BCUT2D eigenvalue weighted by molar-refractivity contribution is 0.203. The van der Waals surface area contributed by atoms with Gasteiger partial charge in [0.05, 0.1) is 6.61 Å². The summed E-state index contributed by atoms with van der Waals surface area (Å²) in [7, 11) is 1.74. The molecule has 1 nitrogen and oxygen atoms in total. The van der Waals surface area contributed by atoms with Crippen molar-refractivity contribution in [1.29, 1.82) is 0 Å². The molecule has 0 N–H and O–H groups in total. The van der Waals surface area contributed by atoms with Gasteiger partial charge in [0.15, 0.2) is 0 Å². The van der Waals surface area contributed by atoms with Gasteiger partial charge in [-0.2, -0.15) is 0 Å². The average Bonchev–Trinajstić information content (AvgIpc) is 2.27. The van der Waals surface area contributed by atoms with E-state index < -0.39 is 0 Å². The van der Waals surface area contributed by atoms with Gasteiger partial charge in [0, 0.05) is 7.11 Å². The highest BCUT2D eigenvalue weighted by Gasteiger charge is 1.95. The number of rotatable bonds is 3. The number of ether oxygens (including phenoxy) is 1. The molecule has 0 aromatic heterocycles. The Labute approximate surface area is 74.4 Å². The SMILES string of the molecule is COCCC1=CCC(C)=CC=C1. The van der Waals surface area contributed by atoms with Crippen LogP contribution in [0.1, 0.15) is 19.8 Å². The molecule has 0 aliphatic heterocycles. The van der Waals surface area contributed by atoms with Gasteiger partial charge >= 0.3 is 0 Å². The molecule has 0 amide bonds. The highest BCUT2D eigenvalue weighted by Crippen LogP contribution is 2.13. The first-order valence-electron chi connectivity index (χ1n) is 4.34. The van der Waals surface area contributed by atoms with E-state index in [1.807, 2.05) is 0 Å². The van der Waals surface area contributed by atoms with Crippen molar-refractivity contribution in [1.82, 2.24) is 0 Å². The summed E-state index contributed by atoms with van der Waals surface area (Å²) >= 11 is 0. The van der Waals surface area contributed by atoms with E-state index in [1.165, 1.54) is 11.1 Å². The molecule has 0 unspecified atom stereocenters. The number of allylic oxidation sites excluding steroid dienone is 5. The second-order valence-corrected chi connectivity index (χ2v) is 3.10. The fraction of sp³-hybridized carbons (Fsp3) is 0.455. The van der Waals surface area contributed by atoms with E-state index in [4.69, 9.17) is 4.74 Å². The van der Waals surface area contributed by atoms with E-state index in [1.54, 1.807) is 7.11 Å². The predicted octanol–water partition coefficient (Wildman–Crippen LogP) is 2.86. The zero-order chi connectivity index (χ0) is 8.81. The first-order valence-corrected chi connectivity index (χ1v) is 4.34. The van der Waals surface area contributed by atoms with Gasteiger partial charge in [-0.15, -0.1) is 0 Å². The molecule has 0 fully saturated rings. The second-order valence-electron chi connectivity index (χ2n) is 3.10. The van der Waals surface area contributed by atoms with Crippen molar-refractivity contribution < 1.29 is 4.74 Å². The quantitative estimate of drug-likeness (QED) is 0.623. The van der Waals surface area contributed by atoms with Gasteiger partial charge in [0.1, 0.15) is 0 Å². The molecule has 66 valence electrons. The van der Waals surface area contributed by atoms with Gasteiger partial charge in [0.2, 0.25) is 0 Å². The number of hydrogen-bond acceptors (Lipinski definition) is 1. The van der Waals surface area contributed by atoms with Crippen LogP contribution in [0.3, 0.4) is 0 Å². The van der Waals surface area contributed by atoms with Crippen molar-refractivity contribution >= 4 is 0 Å². The van der Waals surface area contributed by atoms with Gasteiger partial charge < -0.3 is 4.74 Å². The summed E-state index contributed by atoms with van der Waals surface area (Å²) in [5, 5.41) is 0. The molecular formula is C11H16O. The van der Waals surface area contributed by atoms with Crippen LogP contribution in [0.15, 0.2) is 35.5 Å². The van der Waals surface area contributed by atoms with Crippen LogP contribution in [0, 0.1) is 0 Å². The van der Waals surface area contributed by atoms with Gasteiger partial charge in [-0.1, -0.05) is 29.9 Å². The largest absolute Gasteiger partial charge is 0.384 e. The molecule has 0 heterocycles. The number of hydrogen-bond donors (Lipinski definition) is 0. The Hall–Kier alpha value is -0.820. The molecule has 0 atom stereocenters. The van der Waals surface area contributed by atoms with E-state index >= 15 is 0 Å². The molecule has 1 heteroatoms. The third-order valence-electron chi connectivity index (χ3n) is 1.97. The lowest BCUT2D eigenvalue weighted by Gasteiger charge is -1.99.